The van der Waals surface area contributed by atoms with Crippen molar-refractivity contribution in [2.45, 2.75) is 33.8 Å². The molecule has 0 aliphatic carbocycles. The van der Waals surface area contributed by atoms with Crippen molar-refractivity contribution in [2.24, 2.45) is 5.41 Å². The van der Waals surface area contributed by atoms with Gasteiger partial charge in [0.05, 0.1) is 6.10 Å². The van der Waals surface area contributed by atoms with E-state index in [0.717, 1.165) is 0 Å². The smallest absolute Gasteiger partial charge is 0.251 e. The van der Waals surface area contributed by atoms with Crippen molar-refractivity contribution in [2.75, 3.05) is 6.54 Å². The molecule has 0 aliphatic rings. The molecular formula is C13H20N2O3. The van der Waals surface area contributed by atoms with Crippen LogP contribution in [0.2, 0.25) is 0 Å². The van der Waals surface area contributed by atoms with Crippen LogP contribution in [0.3, 0.4) is 0 Å². The van der Waals surface area contributed by atoms with E-state index < -0.39 is 6.10 Å². The van der Waals surface area contributed by atoms with Gasteiger partial charge in [0.25, 0.3) is 5.91 Å². The van der Waals surface area contributed by atoms with E-state index in [2.05, 4.69) is 10.3 Å². The number of aromatic amines is 1. The Morgan fingerprint density at radius 2 is 2.06 bits per heavy atom. The number of hydrogen-bond donors (Lipinski definition) is 3. The molecule has 0 aromatic carbocycles. The molecule has 5 heteroatoms. The predicted molar refractivity (Wildman–Crippen MR) is 69.6 cm³/mol. The highest BCUT2D eigenvalue weighted by atomic mass is 16.3. The van der Waals surface area contributed by atoms with Crippen LogP contribution in [0.4, 0.5) is 0 Å². The number of carbonyl (C=O) groups excluding carboxylic acids is 1. The third-order valence-electron chi connectivity index (χ3n) is 2.70. The van der Waals surface area contributed by atoms with Gasteiger partial charge in [0.2, 0.25) is 5.56 Å². The largest absolute Gasteiger partial charge is 0.391 e. The van der Waals surface area contributed by atoms with Crippen LogP contribution < -0.4 is 10.9 Å². The lowest BCUT2D eigenvalue weighted by Crippen LogP contribution is -2.39. The summed E-state index contributed by atoms with van der Waals surface area (Å²) in [7, 11) is 0. The second-order valence-electron chi connectivity index (χ2n) is 5.51. The molecule has 3 N–H and O–H groups in total. The Balaban J connectivity index is 2.69. The molecule has 1 atom stereocenters. The number of aromatic nitrogens is 1. The van der Waals surface area contributed by atoms with Gasteiger partial charge in [-0.05, 0) is 18.4 Å². The topological polar surface area (TPSA) is 82.2 Å². The Labute approximate surface area is 106 Å². The summed E-state index contributed by atoms with van der Waals surface area (Å²) in [6, 6.07) is 2.84. The first-order chi connectivity index (χ1) is 8.20. The van der Waals surface area contributed by atoms with Crippen LogP contribution in [-0.2, 0) is 0 Å². The molecule has 0 spiro atoms. The van der Waals surface area contributed by atoms with Gasteiger partial charge in [-0.2, -0.15) is 0 Å². The van der Waals surface area contributed by atoms with Gasteiger partial charge in [-0.1, -0.05) is 20.8 Å². The van der Waals surface area contributed by atoms with E-state index in [0.29, 0.717) is 11.3 Å². The molecule has 0 radical (unpaired) electrons. The molecule has 1 rings (SSSR count). The zero-order valence-corrected chi connectivity index (χ0v) is 11.2. The number of aliphatic hydroxyl groups excluding tert-OH is 1. The van der Waals surface area contributed by atoms with E-state index in [1.54, 1.807) is 13.0 Å². The normalized spacial score (nSPS) is 13.2. The first-order valence-electron chi connectivity index (χ1n) is 5.87. The van der Waals surface area contributed by atoms with Crippen molar-refractivity contribution >= 4 is 5.91 Å². The number of amides is 1. The number of aryl methyl sites for hydroxylation is 1. The lowest BCUT2D eigenvalue weighted by molar-refractivity contribution is 0.0587. The number of rotatable bonds is 3. The van der Waals surface area contributed by atoms with E-state index in [9.17, 15) is 14.7 Å². The Morgan fingerprint density at radius 1 is 1.44 bits per heavy atom. The van der Waals surface area contributed by atoms with E-state index >= 15 is 0 Å². The molecule has 1 heterocycles. The van der Waals surface area contributed by atoms with Gasteiger partial charge in [0, 0.05) is 23.9 Å². The first-order valence-corrected chi connectivity index (χ1v) is 5.87. The molecule has 1 unspecified atom stereocenters. The number of H-pyrrole nitrogens is 1. The Hall–Kier alpha value is -1.62. The summed E-state index contributed by atoms with van der Waals surface area (Å²) in [6.45, 7) is 7.54. The summed E-state index contributed by atoms with van der Waals surface area (Å²) in [6.07, 6.45) is -0.635. The van der Waals surface area contributed by atoms with Crippen LogP contribution in [0.5, 0.6) is 0 Å². The minimum Gasteiger partial charge on any atom is -0.391 e. The molecule has 1 aromatic rings. The average Bonchev–Trinajstić information content (AvgIpc) is 2.22. The fourth-order valence-electron chi connectivity index (χ4n) is 1.41. The highest BCUT2D eigenvalue weighted by molar-refractivity contribution is 5.94. The Kier molecular flexibility index (Phi) is 4.29. The molecule has 5 nitrogen and oxygen atoms in total. The molecule has 0 saturated carbocycles. The zero-order chi connectivity index (χ0) is 13.9. The molecule has 0 fully saturated rings. The van der Waals surface area contributed by atoms with Gasteiger partial charge in [-0.3, -0.25) is 9.59 Å². The third-order valence-corrected chi connectivity index (χ3v) is 2.70. The van der Waals surface area contributed by atoms with Gasteiger partial charge in [0.15, 0.2) is 0 Å². The number of aliphatic hydroxyl groups is 1. The summed E-state index contributed by atoms with van der Waals surface area (Å²) in [5.41, 5.74) is 0.329. The minimum absolute atomic E-state index is 0.161. The fraction of sp³-hybridized carbons (Fsp3) is 0.538. The van der Waals surface area contributed by atoms with Crippen LogP contribution in [0.1, 0.15) is 36.8 Å². The highest BCUT2D eigenvalue weighted by Gasteiger charge is 2.22. The van der Waals surface area contributed by atoms with Gasteiger partial charge in [0.1, 0.15) is 0 Å². The fourth-order valence-corrected chi connectivity index (χ4v) is 1.41. The number of hydrogen-bond acceptors (Lipinski definition) is 3. The second kappa shape index (κ2) is 5.35. The molecule has 100 valence electrons. The lowest BCUT2D eigenvalue weighted by Gasteiger charge is -2.25. The highest BCUT2D eigenvalue weighted by Crippen LogP contribution is 2.18. The first kappa shape index (κ1) is 14.4. The second-order valence-corrected chi connectivity index (χ2v) is 5.51. The molecule has 1 aromatic heterocycles. The maximum Gasteiger partial charge on any atom is 0.251 e. The van der Waals surface area contributed by atoms with E-state index in [-0.39, 0.29) is 23.4 Å². The van der Waals surface area contributed by atoms with Crippen molar-refractivity contribution in [1.82, 2.24) is 10.3 Å². The van der Waals surface area contributed by atoms with Crippen molar-refractivity contribution in [3.05, 3.63) is 33.7 Å². The Bertz CT molecular complexity index is 486. The van der Waals surface area contributed by atoms with Crippen molar-refractivity contribution in [3.63, 3.8) is 0 Å². The summed E-state index contributed by atoms with van der Waals surface area (Å²) in [5.74, 6) is -0.354. The van der Waals surface area contributed by atoms with Crippen LogP contribution in [-0.4, -0.2) is 28.6 Å². The minimum atomic E-state index is -0.635. The molecule has 18 heavy (non-hydrogen) atoms. The molecule has 0 aliphatic heterocycles. The molecular weight excluding hydrogens is 232 g/mol. The summed E-state index contributed by atoms with van der Waals surface area (Å²) < 4.78 is 0. The van der Waals surface area contributed by atoms with E-state index in [1.165, 1.54) is 6.07 Å². The SMILES string of the molecule is Cc1cc(C(=O)NCC(O)C(C)(C)C)cc(=O)[nH]1. The third kappa shape index (κ3) is 4.00. The van der Waals surface area contributed by atoms with Crippen molar-refractivity contribution in [3.8, 4) is 0 Å². The maximum atomic E-state index is 11.8. The zero-order valence-electron chi connectivity index (χ0n) is 11.2. The standard InChI is InChI=1S/C13H20N2O3/c1-8-5-9(6-11(17)15-8)12(18)14-7-10(16)13(2,3)4/h5-6,10,16H,7H2,1-4H3,(H,14,18)(H,15,17). The van der Waals surface area contributed by atoms with E-state index in [4.69, 9.17) is 0 Å². The van der Waals surface area contributed by atoms with E-state index in [1.807, 2.05) is 20.8 Å². The summed E-state index contributed by atoms with van der Waals surface area (Å²) in [5, 5.41) is 12.4. The lowest BCUT2D eigenvalue weighted by atomic mass is 9.89. The average molecular weight is 252 g/mol. The monoisotopic (exact) mass is 252 g/mol. The Morgan fingerprint density at radius 3 is 2.56 bits per heavy atom. The van der Waals surface area contributed by atoms with Crippen LogP contribution in [0, 0.1) is 12.3 Å². The van der Waals surface area contributed by atoms with Gasteiger partial charge < -0.3 is 15.4 Å². The maximum absolute atomic E-state index is 11.8. The summed E-state index contributed by atoms with van der Waals surface area (Å²) >= 11 is 0. The molecule has 0 saturated heterocycles. The molecule has 0 bridgehead atoms. The quantitative estimate of drug-likeness (QED) is 0.745. The summed E-state index contributed by atoms with van der Waals surface area (Å²) in [4.78, 5) is 25.6. The number of carbonyl (C=O) groups is 1. The van der Waals surface area contributed by atoms with Crippen LogP contribution >= 0.6 is 0 Å². The van der Waals surface area contributed by atoms with Crippen molar-refractivity contribution < 1.29 is 9.90 Å². The van der Waals surface area contributed by atoms with Gasteiger partial charge in [-0.25, -0.2) is 0 Å². The number of pyridine rings is 1. The molecule has 1 amide bonds. The predicted octanol–water partition coefficient (Wildman–Crippen LogP) is 0.820. The van der Waals surface area contributed by atoms with Crippen molar-refractivity contribution in [1.29, 1.82) is 0 Å². The number of nitrogens with one attached hydrogen (secondary N) is 2. The van der Waals surface area contributed by atoms with Gasteiger partial charge >= 0.3 is 0 Å². The van der Waals surface area contributed by atoms with Crippen LogP contribution in [0.25, 0.3) is 0 Å². The van der Waals surface area contributed by atoms with Gasteiger partial charge in [-0.15, -0.1) is 0 Å². The van der Waals surface area contributed by atoms with Crippen LogP contribution in [0.15, 0.2) is 16.9 Å².